The lowest BCUT2D eigenvalue weighted by molar-refractivity contribution is 0.194. The fourth-order valence-electron chi connectivity index (χ4n) is 2.51. The molecule has 0 amide bonds. The molecule has 1 unspecified atom stereocenters. The number of hydrogen-bond donors (Lipinski definition) is 1. The molecule has 0 aliphatic carbocycles. The summed E-state index contributed by atoms with van der Waals surface area (Å²) < 4.78 is 6.83. The molecule has 2 rings (SSSR count). The first-order chi connectivity index (χ1) is 10.2. The highest BCUT2D eigenvalue weighted by molar-refractivity contribution is 5.77. The van der Waals surface area contributed by atoms with Crippen molar-refractivity contribution in [2.45, 2.75) is 32.9 Å². The van der Waals surface area contributed by atoms with Crippen LogP contribution < -0.4 is 10.9 Å². The third-order valence-corrected chi connectivity index (χ3v) is 3.62. The van der Waals surface area contributed by atoms with E-state index >= 15 is 0 Å². The molecule has 1 atom stereocenters. The van der Waals surface area contributed by atoms with Crippen LogP contribution in [0.25, 0.3) is 10.9 Å². The first kappa shape index (κ1) is 15.7. The molecule has 0 saturated carbocycles. The number of rotatable bonds is 7. The van der Waals surface area contributed by atoms with Crippen molar-refractivity contribution in [3.05, 3.63) is 40.4 Å². The number of nitrogens with one attached hydrogen (secondary N) is 1. The molecule has 0 aliphatic rings. The largest absolute Gasteiger partial charge is 0.383 e. The minimum absolute atomic E-state index is 0.0325. The maximum atomic E-state index is 12.6. The second-order valence-electron chi connectivity index (χ2n) is 4.94. The summed E-state index contributed by atoms with van der Waals surface area (Å²) in [6.45, 7) is 6.06. The van der Waals surface area contributed by atoms with Crippen LogP contribution >= 0.6 is 0 Å². The Morgan fingerprint density at radius 3 is 2.76 bits per heavy atom. The van der Waals surface area contributed by atoms with E-state index in [1.54, 1.807) is 11.7 Å². The van der Waals surface area contributed by atoms with E-state index in [0.717, 1.165) is 24.3 Å². The normalized spacial score (nSPS) is 12.7. The quantitative estimate of drug-likeness (QED) is 0.793. The number of nitrogens with zero attached hydrogens (tertiary/aromatic N) is 2. The number of aromatic nitrogens is 2. The molecule has 5 heteroatoms. The summed E-state index contributed by atoms with van der Waals surface area (Å²) in [7, 11) is 1.68. The van der Waals surface area contributed by atoms with E-state index in [2.05, 4.69) is 12.2 Å². The predicted octanol–water partition coefficient (Wildman–Crippen LogP) is 2.10. The second-order valence-corrected chi connectivity index (χ2v) is 4.94. The van der Waals surface area contributed by atoms with Gasteiger partial charge in [-0.2, -0.15) is 0 Å². The van der Waals surface area contributed by atoms with Gasteiger partial charge in [0.15, 0.2) is 0 Å². The molecular weight excluding hydrogens is 266 g/mol. The molecule has 0 saturated heterocycles. The Morgan fingerprint density at radius 2 is 2.10 bits per heavy atom. The van der Waals surface area contributed by atoms with Gasteiger partial charge in [0, 0.05) is 20.2 Å². The van der Waals surface area contributed by atoms with Crippen molar-refractivity contribution in [1.29, 1.82) is 0 Å². The predicted molar refractivity (Wildman–Crippen MR) is 84.6 cm³/mol. The Morgan fingerprint density at radius 1 is 1.33 bits per heavy atom. The van der Waals surface area contributed by atoms with Gasteiger partial charge in [-0.15, -0.1) is 0 Å². The zero-order valence-corrected chi connectivity index (χ0v) is 12.9. The van der Waals surface area contributed by atoms with Crippen molar-refractivity contribution in [2.75, 3.05) is 20.3 Å². The van der Waals surface area contributed by atoms with Gasteiger partial charge < -0.3 is 10.1 Å². The molecule has 1 aromatic carbocycles. The van der Waals surface area contributed by atoms with E-state index < -0.39 is 0 Å². The highest BCUT2D eigenvalue weighted by atomic mass is 16.5. The molecule has 114 valence electrons. The van der Waals surface area contributed by atoms with Gasteiger partial charge in [-0.1, -0.05) is 19.1 Å². The third-order valence-electron chi connectivity index (χ3n) is 3.62. The minimum Gasteiger partial charge on any atom is -0.383 e. The summed E-state index contributed by atoms with van der Waals surface area (Å²) in [4.78, 5) is 17.3. The smallest absolute Gasteiger partial charge is 0.261 e. The lowest BCUT2D eigenvalue weighted by Crippen LogP contribution is -2.33. The van der Waals surface area contributed by atoms with Gasteiger partial charge in [0.25, 0.3) is 5.56 Å². The summed E-state index contributed by atoms with van der Waals surface area (Å²) in [5.74, 6) is 0.805. The Balaban J connectivity index is 2.48. The number of methoxy groups -OCH3 is 1. The summed E-state index contributed by atoms with van der Waals surface area (Å²) in [6.07, 6.45) is 0.870. The van der Waals surface area contributed by atoms with E-state index in [0.29, 0.717) is 18.5 Å². The number of ether oxygens (including phenoxy) is 1. The molecule has 1 heterocycles. The van der Waals surface area contributed by atoms with Crippen LogP contribution in [0, 0.1) is 0 Å². The van der Waals surface area contributed by atoms with Crippen molar-refractivity contribution in [3.63, 3.8) is 0 Å². The van der Waals surface area contributed by atoms with Gasteiger partial charge in [0.05, 0.1) is 23.6 Å². The summed E-state index contributed by atoms with van der Waals surface area (Å²) in [5, 5.41) is 4.08. The molecular formula is C16H23N3O2. The summed E-state index contributed by atoms with van der Waals surface area (Å²) >= 11 is 0. The van der Waals surface area contributed by atoms with Crippen LogP contribution in [0.1, 0.15) is 32.1 Å². The van der Waals surface area contributed by atoms with E-state index in [1.165, 1.54) is 0 Å². The number of para-hydroxylation sites is 1. The van der Waals surface area contributed by atoms with Crippen LogP contribution in [0.5, 0.6) is 0 Å². The highest BCUT2D eigenvalue weighted by Gasteiger charge is 2.17. The molecule has 0 bridgehead atoms. The van der Waals surface area contributed by atoms with Crippen LogP contribution in [0.15, 0.2) is 29.1 Å². The molecule has 21 heavy (non-hydrogen) atoms. The molecule has 0 aliphatic heterocycles. The van der Waals surface area contributed by atoms with E-state index in [-0.39, 0.29) is 11.6 Å². The van der Waals surface area contributed by atoms with Gasteiger partial charge in [-0.3, -0.25) is 9.36 Å². The van der Waals surface area contributed by atoms with Crippen LogP contribution in [0.4, 0.5) is 0 Å². The van der Waals surface area contributed by atoms with Crippen LogP contribution in [-0.2, 0) is 11.3 Å². The summed E-state index contributed by atoms with van der Waals surface area (Å²) in [6, 6.07) is 7.56. The Labute approximate surface area is 125 Å². The van der Waals surface area contributed by atoms with Crippen molar-refractivity contribution < 1.29 is 4.74 Å². The monoisotopic (exact) mass is 289 g/mol. The van der Waals surface area contributed by atoms with Gasteiger partial charge in [0.1, 0.15) is 5.82 Å². The lowest BCUT2D eigenvalue weighted by Gasteiger charge is -2.20. The maximum Gasteiger partial charge on any atom is 0.261 e. The Bertz CT molecular complexity index is 652. The highest BCUT2D eigenvalue weighted by Crippen LogP contribution is 2.16. The van der Waals surface area contributed by atoms with Gasteiger partial charge >= 0.3 is 0 Å². The van der Waals surface area contributed by atoms with E-state index in [1.807, 2.05) is 31.2 Å². The molecule has 5 nitrogen and oxygen atoms in total. The fraction of sp³-hybridized carbons (Fsp3) is 0.500. The average Bonchev–Trinajstić information content (AvgIpc) is 2.52. The molecule has 2 aromatic rings. The van der Waals surface area contributed by atoms with Crippen molar-refractivity contribution in [2.24, 2.45) is 0 Å². The fourth-order valence-corrected chi connectivity index (χ4v) is 2.51. The molecule has 1 N–H and O–H groups in total. The maximum absolute atomic E-state index is 12.6. The Hall–Kier alpha value is -1.72. The SMILES string of the molecule is CCC(NCCOC)c1nc2ccccc2c(=O)n1CC. The van der Waals surface area contributed by atoms with E-state index in [4.69, 9.17) is 9.72 Å². The van der Waals surface area contributed by atoms with Gasteiger partial charge in [-0.25, -0.2) is 4.98 Å². The van der Waals surface area contributed by atoms with Crippen molar-refractivity contribution >= 4 is 10.9 Å². The standard InChI is InChI=1S/C16H23N3O2/c1-4-13(17-10-11-21-3)15-18-14-9-7-6-8-12(14)16(20)19(15)5-2/h6-9,13,17H,4-5,10-11H2,1-3H3. The first-order valence-corrected chi connectivity index (χ1v) is 7.44. The van der Waals surface area contributed by atoms with E-state index in [9.17, 15) is 4.79 Å². The zero-order valence-electron chi connectivity index (χ0n) is 12.9. The summed E-state index contributed by atoms with van der Waals surface area (Å²) in [5.41, 5.74) is 0.791. The van der Waals surface area contributed by atoms with Crippen LogP contribution in [0.3, 0.4) is 0 Å². The van der Waals surface area contributed by atoms with Gasteiger partial charge in [-0.05, 0) is 25.5 Å². The Kier molecular flexibility index (Phi) is 5.47. The minimum atomic E-state index is 0.0325. The molecule has 0 fully saturated rings. The number of hydrogen-bond acceptors (Lipinski definition) is 4. The van der Waals surface area contributed by atoms with Crippen molar-refractivity contribution in [1.82, 2.24) is 14.9 Å². The molecule has 1 aromatic heterocycles. The van der Waals surface area contributed by atoms with Crippen LogP contribution in [-0.4, -0.2) is 29.8 Å². The van der Waals surface area contributed by atoms with Crippen LogP contribution in [0.2, 0.25) is 0 Å². The number of fused-ring (bicyclic) bond motifs is 1. The molecule has 0 radical (unpaired) electrons. The number of benzene rings is 1. The topological polar surface area (TPSA) is 56.1 Å². The average molecular weight is 289 g/mol. The lowest BCUT2D eigenvalue weighted by atomic mass is 10.1. The zero-order chi connectivity index (χ0) is 15.2. The molecule has 0 spiro atoms. The second kappa shape index (κ2) is 7.33. The van der Waals surface area contributed by atoms with Gasteiger partial charge in [0.2, 0.25) is 0 Å². The third kappa shape index (κ3) is 3.31. The van der Waals surface area contributed by atoms with Crippen molar-refractivity contribution in [3.8, 4) is 0 Å². The first-order valence-electron chi connectivity index (χ1n) is 7.44.